The third kappa shape index (κ3) is 4.18. The maximum atomic E-state index is 11.7. The Labute approximate surface area is 124 Å². The number of hydrogen-bond acceptors (Lipinski definition) is 3. The first kappa shape index (κ1) is 16.2. The van der Waals surface area contributed by atoms with Gasteiger partial charge in [0.15, 0.2) is 0 Å². The molecule has 1 aliphatic carbocycles. The molecule has 0 amide bonds. The minimum Gasteiger partial charge on any atom is -0.317 e. The van der Waals surface area contributed by atoms with Crippen molar-refractivity contribution in [3.05, 3.63) is 0 Å². The highest BCUT2D eigenvalue weighted by Crippen LogP contribution is 2.35. The number of nitrogens with zero attached hydrogens (tertiary/aromatic N) is 1. The van der Waals surface area contributed by atoms with E-state index in [9.17, 15) is 8.42 Å². The van der Waals surface area contributed by atoms with E-state index in [2.05, 4.69) is 19.3 Å². The third-order valence-corrected chi connectivity index (χ3v) is 6.47. The Bertz CT molecular complexity index is 410. The van der Waals surface area contributed by atoms with Gasteiger partial charge in [-0.05, 0) is 63.3 Å². The van der Waals surface area contributed by atoms with E-state index < -0.39 is 10.0 Å². The Morgan fingerprint density at radius 3 is 2.65 bits per heavy atom. The molecule has 0 aromatic carbocycles. The van der Waals surface area contributed by atoms with Gasteiger partial charge >= 0.3 is 0 Å². The number of hydrogen-bond donors (Lipinski definition) is 1. The highest BCUT2D eigenvalue weighted by atomic mass is 32.2. The summed E-state index contributed by atoms with van der Waals surface area (Å²) in [6.45, 7) is 3.80. The summed E-state index contributed by atoms with van der Waals surface area (Å²) in [7, 11) is -0.945. The summed E-state index contributed by atoms with van der Waals surface area (Å²) in [5.74, 6) is 2.08. The molecule has 4 nitrogen and oxygen atoms in total. The first-order chi connectivity index (χ1) is 9.40. The predicted molar refractivity (Wildman–Crippen MR) is 83.1 cm³/mol. The molecule has 2 aliphatic rings. The van der Waals surface area contributed by atoms with Crippen molar-refractivity contribution in [3.8, 4) is 0 Å². The fourth-order valence-corrected chi connectivity index (χ4v) is 5.03. The van der Waals surface area contributed by atoms with Gasteiger partial charge in [0, 0.05) is 19.1 Å². The van der Waals surface area contributed by atoms with E-state index >= 15 is 0 Å². The normalized spacial score (nSPS) is 37.0. The van der Waals surface area contributed by atoms with E-state index in [1.807, 2.05) is 0 Å². The maximum Gasteiger partial charge on any atom is 0.211 e. The smallest absolute Gasteiger partial charge is 0.211 e. The fourth-order valence-electron chi connectivity index (χ4n) is 4.09. The van der Waals surface area contributed by atoms with Gasteiger partial charge in [-0.15, -0.1) is 0 Å². The van der Waals surface area contributed by atoms with Crippen LogP contribution in [0.4, 0.5) is 0 Å². The van der Waals surface area contributed by atoms with Crippen LogP contribution in [0.2, 0.25) is 0 Å². The van der Waals surface area contributed by atoms with Gasteiger partial charge in [-0.2, -0.15) is 0 Å². The lowest BCUT2D eigenvalue weighted by atomic mass is 9.74. The van der Waals surface area contributed by atoms with Crippen molar-refractivity contribution < 1.29 is 8.42 Å². The third-order valence-electron chi connectivity index (χ3n) is 5.20. The first-order valence-electron chi connectivity index (χ1n) is 8.02. The molecule has 118 valence electrons. The molecular weight excluding hydrogens is 272 g/mol. The van der Waals surface area contributed by atoms with E-state index in [-0.39, 0.29) is 0 Å². The van der Waals surface area contributed by atoms with Gasteiger partial charge < -0.3 is 5.32 Å². The summed E-state index contributed by atoms with van der Waals surface area (Å²) in [5.41, 5.74) is 0. The van der Waals surface area contributed by atoms with E-state index in [0.717, 1.165) is 18.9 Å². The lowest BCUT2D eigenvalue weighted by molar-refractivity contribution is 0.158. The van der Waals surface area contributed by atoms with Gasteiger partial charge in [-0.3, -0.25) is 0 Å². The molecule has 0 radical (unpaired) electrons. The fraction of sp³-hybridized carbons (Fsp3) is 1.00. The van der Waals surface area contributed by atoms with Crippen molar-refractivity contribution in [2.24, 2.45) is 17.8 Å². The second kappa shape index (κ2) is 6.75. The zero-order valence-electron chi connectivity index (χ0n) is 13.1. The molecule has 1 saturated carbocycles. The SMILES string of the molecule is CNC1CCC(C)CC1CC1CCCN(S(C)(=O)=O)C1. The Morgan fingerprint density at radius 2 is 2.00 bits per heavy atom. The first-order valence-corrected chi connectivity index (χ1v) is 9.87. The second-order valence-electron chi connectivity index (χ2n) is 6.94. The van der Waals surface area contributed by atoms with Crippen molar-refractivity contribution in [3.63, 3.8) is 0 Å². The highest BCUT2D eigenvalue weighted by Gasteiger charge is 2.32. The van der Waals surface area contributed by atoms with Crippen LogP contribution in [0.5, 0.6) is 0 Å². The van der Waals surface area contributed by atoms with Crippen LogP contribution < -0.4 is 5.32 Å². The van der Waals surface area contributed by atoms with Gasteiger partial charge in [-0.25, -0.2) is 12.7 Å². The quantitative estimate of drug-likeness (QED) is 0.865. The van der Waals surface area contributed by atoms with E-state index in [1.54, 1.807) is 4.31 Å². The van der Waals surface area contributed by atoms with Gasteiger partial charge in [0.25, 0.3) is 0 Å². The molecule has 1 N–H and O–H groups in total. The predicted octanol–water partition coefficient (Wildman–Crippen LogP) is 2.07. The molecular formula is C15H30N2O2S. The van der Waals surface area contributed by atoms with Crippen LogP contribution in [-0.4, -0.2) is 45.2 Å². The highest BCUT2D eigenvalue weighted by molar-refractivity contribution is 7.88. The van der Waals surface area contributed by atoms with Crippen LogP contribution in [0.3, 0.4) is 0 Å². The van der Waals surface area contributed by atoms with Crippen molar-refractivity contribution in [2.45, 2.75) is 51.5 Å². The van der Waals surface area contributed by atoms with Crippen LogP contribution in [0.25, 0.3) is 0 Å². The number of sulfonamides is 1. The molecule has 1 saturated heterocycles. The topological polar surface area (TPSA) is 49.4 Å². The summed E-state index contributed by atoms with van der Waals surface area (Å²) in [6, 6.07) is 0.625. The van der Waals surface area contributed by atoms with Crippen molar-refractivity contribution in [1.29, 1.82) is 0 Å². The van der Waals surface area contributed by atoms with Crippen LogP contribution >= 0.6 is 0 Å². The summed E-state index contributed by atoms with van der Waals surface area (Å²) < 4.78 is 25.1. The van der Waals surface area contributed by atoms with Gasteiger partial charge in [-0.1, -0.05) is 6.92 Å². The molecule has 0 aromatic heterocycles. The van der Waals surface area contributed by atoms with E-state index in [1.165, 1.54) is 38.4 Å². The van der Waals surface area contributed by atoms with E-state index in [0.29, 0.717) is 24.4 Å². The second-order valence-corrected chi connectivity index (χ2v) is 8.92. The Kier molecular flexibility index (Phi) is 5.49. The molecule has 5 heteroatoms. The average Bonchev–Trinajstić information content (AvgIpc) is 2.38. The Hall–Kier alpha value is -0.130. The molecule has 1 aliphatic heterocycles. The number of nitrogens with one attached hydrogen (secondary N) is 1. The van der Waals surface area contributed by atoms with Gasteiger partial charge in [0.2, 0.25) is 10.0 Å². The maximum absolute atomic E-state index is 11.7. The van der Waals surface area contributed by atoms with Crippen LogP contribution in [-0.2, 0) is 10.0 Å². The van der Waals surface area contributed by atoms with Gasteiger partial charge in [0.05, 0.1) is 6.26 Å². The van der Waals surface area contributed by atoms with Crippen molar-refractivity contribution >= 4 is 10.0 Å². The summed E-state index contributed by atoms with van der Waals surface area (Å²) >= 11 is 0. The largest absolute Gasteiger partial charge is 0.317 e. The monoisotopic (exact) mass is 302 g/mol. The van der Waals surface area contributed by atoms with Gasteiger partial charge in [0.1, 0.15) is 0 Å². The molecule has 2 rings (SSSR count). The standard InChI is InChI=1S/C15H30N2O2S/c1-12-6-7-15(16-2)14(9-12)10-13-5-4-8-17(11-13)20(3,18)19/h12-16H,4-11H2,1-3H3. The molecule has 20 heavy (non-hydrogen) atoms. The summed E-state index contributed by atoms with van der Waals surface area (Å²) in [4.78, 5) is 0. The molecule has 0 bridgehead atoms. The van der Waals surface area contributed by atoms with Crippen LogP contribution in [0, 0.1) is 17.8 Å². The number of rotatable bonds is 4. The van der Waals surface area contributed by atoms with Crippen LogP contribution in [0.15, 0.2) is 0 Å². The number of piperidine rings is 1. The molecule has 0 aromatic rings. The average molecular weight is 302 g/mol. The lowest BCUT2D eigenvalue weighted by Gasteiger charge is -2.39. The molecule has 4 unspecified atom stereocenters. The molecule has 0 spiro atoms. The summed E-state index contributed by atoms with van der Waals surface area (Å²) in [6.07, 6.45) is 8.61. The molecule has 2 fully saturated rings. The Balaban J connectivity index is 1.94. The van der Waals surface area contributed by atoms with Crippen molar-refractivity contribution in [1.82, 2.24) is 9.62 Å². The van der Waals surface area contributed by atoms with Crippen LogP contribution in [0.1, 0.15) is 45.4 Å². The summed E-state index contributed by atoms with van der Waals surface area (Å²) in [5, 5.41) is 3.47. The Morgan fingerprint density at radius 1 is 1.25 bits per heavy atom. The van der Waals surface area contributed by atoms with Crippen molar-refractivity contribution in [2.75, 3.05) is 26.4 Å². The lowest BCUT2D eigenvalue weighted by Crippen LogP contribution is -2.43. The minimum atomic E-state index is -3.01. The zero-order valence-corrected chi connectivity index (χ0v) is 14.0. The zero-order chi connectivity index (χ0) is 14.8. The minimum absolute atomic E-state index is 0.546. The molecule has 1 heterocycles. The molecule has 4 atom stereocenters. The van der Waals surface area contributed by atoms with E-state index in [4.69, 9.17) is 0 Å².